The molecule has 2 aromatic carbocycles. The molecule has 7 nitrogen and oxygen atoms in total. The van der Waals surface area contributed by atoms with Gasteiger partial charge < -0.3 is 19.7 Å². The van der Waals surface area contributed by atoms with Crippen LogP contribution in [0, 0.1) is 0 Å². The van der Waals surface area contributed by atoms with Gasteiger partial charge in [0.05, 0.1) is 17.6 Å². The lowest BCUT2D eigenvalue weighted by atomic mass is 10.1. The molecule has 0 unspecified atom stereocenters. The van der Waals surface area contributed by atoms with Crippen LogP contribution in [0.15, 0.2) is 65.4 Å². The predicted octanol–water partition coefficient (Wildman–Crippen LogP) is 5.35. The SMILES string of the molecule is CCCCN(CCOc1cccc2ccccc12)C(=O)OCCNC(=O)c1cc(Br)c[n+](CCC)c1. The molecule has 0 aliphatic heterocycles. The van der Waals surface area contributed by atoms with Gasteiger partial charge in [-0.1, -0.05) is 56.7 Å². The van der Waals surface area contributed by atoms with Gasteiger partial charge in [0.2, 0.25) is 0 Å². The molecule has 0 spiro atoms. The minimum absolute atomic E-state index is 0.0976. The number of pyridine rings is 1. The number of hydrogen-bond acceptors (Lipinski definition) is 4. The summed E-state index contributed by atoms with van der Waals surface area (Å²) in [5.74, 6) is 0.593. The van der Waals surface area contributed by atoms with Crippen molar-refractivity contribution in [2.24, 2.45) is 0 Å². The molecule has 192 valence electrons. The van der Waals surface area contributed by atoms with E-state index in [2.05, 4.69) is 35.1 Å². The normalized spacial score (nSPS) is 10.8. The van der Waals surface area contributed by atoms with Gasteiger partial charge in [-0.15, -0.1) is 0 Å². The van der Waals surface area contributed by atoms with Crippen LogP contribution in [-0.2, 0) is 11.3 Å². The number of halogens is 1. The summed E-state index contributed by atoms with van der Waals surface area (Å²) in [5, 5.41) is 4.98. The minimum atomic E-state index is -0.400. The van der Waals surface area contributed by atoms with Crippen molar-refractivity contribution in [2.75, 3.05) is 32.8 Å². The van der Waals surface area contributed by atoms with E-state index in [0.717, 1.165) is 46.8 Å². The van der Waals surface area contributed by atoms with E-state index in [1.165, 1.54) is 0 Å². The molecule has 3 aromatic rings. The Balaban J connectivity index is 1.47. The zero-order valence-corrected chi connectivity index (χ0v) is 22.6. The summed E-state index contributed by atoms with van der Waals surface area (Å²) in [6.07, 6.45) is 6.17. The molecule has 2 amide bonds. The third-order valence-corrected chi connectivity index (χ3v) is 6.09. The number of carbonyl (C=O) groups excluding carboxylic acids is 2. The minimum Gasteiger partial charge on any atom is -0.491 e. The molecule has 1 aromatic heterocycles. The molecule has 0 radical (unpaired) electrons. The third-order valence-electron chi connectivity index (χ3n) is 5.65. The molecule has 1 heterocycles. The molecule has 0 bridgehead atoms. The number of hydrogen-bond donors (Lipinski definition) is 1. The van der Waals surface area contributed by atoms with Gasteiger partial charge in [0.15, 0.2) is 12.4 Å². The quantitative estimate of drug-likeness (QED) is 0.227. The molecule has 0 atom stereocenters. The van der Waals surface area contributed by atoms with Gasteiger partial charge in [0.1, 0.15) is 31.1 Å². The highest BCUT2D eigenvalue weighted by molar-refractivity contribution is 9.10. The number of nitrogens with zero attached hydrogens (tertiary/aromatic N) is 2. The summed E-state index contributed by atoms with van der Waals surface area (Å²) in [7, 11) is 0. The second kappa shape index (κ2) is 14.4. The summed E-state index contributed by atoms with van der Waals surface area (Å²) in [6, 6.07) is 15.8. The van der Waals surface area contributed by atoms with Gasteiger partial charge in [0, 0.05) is 18.4 Å². The molecular weight excluding hydrogens is 522 g/mol. The third kappa shape index (κ3) is 8.22. The van der Waals surface area contributed by atoms with E-state index in [9.17, 15) is 9.59 Å². The number of fused-ring (bicyclic) bond motifs is 1. The lowest BCUT2D eigenvalue weighted by Gasteiger charge is -2.22. The van der Waals surface area contributed by atoms with Gasteiger partial charge in [-0.2, -0.15) is 0 Å². The van der Waals surface area contributed by atoms with Crippen molar-refractivity contribution >= 4 is 38.7 Å². The van der Waals surface area contributed by atoms with Crippen LogP contribution in [-0.4, -0.2) is 49.7 Å². The van der Waals surface area contributed by atoms with Crippen molar-refractivity contribution in [3.63, 3.8) is 0 Å². The standard InChI is InChI=1S/C28H34BrN3O4/c1-3-5-15-32(16-18-35-26-12-8-10-22-9-6-7-11-25(22)26)28(34)36-17-13-30-27(33)23-19-24(29)21-31(20-23)14-4-2/h6-12,19-21H,3-5,13-18H2,1-2H3/p+1. The van der Waals surface area contributed by atoms with Gasteiger partial charge in [-0.05, 0) is 39.9 Å². The van der Waals surface area contributed by atoms with Crippen LogP contribution < -0.4 is 14.6 Å². The molecule has 8 heteroatoms. The number of amides is 2. The number of ether oxygens (including phenoxy) is 2. The molecule has 0 aliphatic rings. The van der Waals surface area contributed by atoms with Gasteiger partial charge in [-0.3, -0.25) is 4.79 Å². The number of nitrogens with one attached hydrogen (secondary N) is 1. The lowest BCUT2D eigenvalue weighted by molar-refractivity contribution is -0.697. The summed E-state index contributed by atoms with van der Waals surface area (Å²) >= 11 is 3.45. The number of benzene rings is 2. The first-order valence-electron chi connectivity index (χ1n) is 12.5. The fraction of sp³-hybridized carbons (Fsp3) is 0.393. The first-order valence-corrected chi connectivity index (χ1v) is 13.3. The van der Waals surface area contributed by atoms with E-state index < -0.39 is 6.09 Å². The van der Waals surface area contributed by atoms with E-state index >= 15 is 0 Å². The topological polar surface area (TPSA) is 71.8 Å². The number of carbonyl (C=O) groups is 2. The Morgan fingerprint density at radius 1 is 1.00 bits per heavy atom. The molecule has 3 rings (SSSR count). The van der Waals surface area contributed by atoms with Crippen LogP contribution in [0.2, 0.25) is 0 Å². The Morgan fingerprint density at radius 2 is 1.81 bits per heavy atom. The zero-order chi connectivity index (χ0) is 25.8. The van der Waals surface area contributed by atoms with Crippen molar-refractivity contribution in [3.8, 4) is 5.75 Å². The average Bonchev–Trinajstić information content (AvgIpc) is 2.88. The Bertz CT molecular complexity index is 1150. The van der Waals surface area contributed by atoms with E-state index in [1.54, 1.807) is 11.0 Å². The van der Waals surface area contributed by atoms with E-state index in [1.807, 2.05) is 59.4 Å². The Morgan fingerprint density at radius 3 is 2.61 bits per heavy atom. The second-order valence-electron chi connectivity index (χ2n) is 8.52. The van der Waals surface area contributed by atoms with Gasteiger partial charge in [0.25, 0.3) is 5.91 Å². The van der Waals surface area contributed by atoms with E-state index in [-0.39, 0.29) is 19.1 Å². The van der Waals surface area contributed by atoms with Crippen LogP contribution in [0.5, 0.6) is 5.75 Å². The molecule has 0 saturated heterocycles. The zero-order valence-electron chi connectivity index (χ0n) is 21.0. The smallest absolute Gasteiger partial charge is 0.409 e. The highest BCUT2D eigenvalue weighted by Crippen LogP contribution is 2.25. The van der Waals surface area contributed by atoms with Crippen molar-refractivity contribution < 1.29 is 23.6 Å². The van der Waals surface area contributed by atoms with Crippen molar-refractivity contribution in [1.82, 2.24) is 10.2 Å². The molecule has 0 fully saturated rings. The van der Waals surface area contributed by atoms with Crippen LogP contribution in [0.1, 0.15) is 43.5 Å². The fourth-order valence-corrected chi connectivity index (χ4v) is 4.35. The highest BCUT2D eigenvalue weighted by Gasteiger charge is 2.16. The molecule has 1 N–H and O–H groups in total. The van der Waals surface area contributed by atoms with Crippen molar-refractivity contribution in [2.45, 2.75) is 39.7 Å². The summed E-state index contributed by atoms with van der Waals surface area (Å²) < 4.78 is 14.3. The molecular formula is C28H35BrN3O4+. The average molecular weight is 558 g/mol. The molecule has 0 aliphatic carbocycles. The van der Waals surface area contributed by atoms with Crippen LogP contribution in [0.25, 0.3) is 10.8 Å². The van der Waals surface area contributed by atoms with Crippen molar-refractivity contribution in [3.05, 3.63) is 71.0 Å². The maximum absolute atomic E-state index is 12.7. The Labute approximate surface area is 221 Å². The van der Waals surface area contributed by atoms with Crippen molar-refractivity contribution in [1.29, 1.82) is 0 Å². The first kappa shape index (κ1) is 27.5. The number of rotatable bonds is 13. The lowest BCUT2D eigenvalue weighted by Crippen LogP contribution is -2.38. The molecule has 36 heavy (non-hydrogen) atoms. The van der Waals surface area contributed by atoms with Crippen LogP contribution >= 0.6 is 15.9 Å². The molecule has 0 saturated carbocycles. The summed E-state index contributed by atoms with van der Waals surface area (Å²) in [4.78, 5) is 26.9. The summed E-state index contributed by atoms with van der Waals surface area (Å²) in [6.45, 7) is 6.71. The number of aryl methyl sites for hydroxylation is 1. The van der Waals surface area contributed by atoms with Gasteiger partial charge >= 0.3 is 6.09 Å². The Hall–Kier alpha value is -3.13. The fourth-order valence-electron chi connectivity index (χ4n) is 3.84. The van der Waals surface area contributed by atoms with E-state index in [0.29, 0.717) is 25.3 Å². The van der Waals surface area contributed by atoms with Crippen LogP contribution in [0.3, 0.4) is 0 Å². The predicted molar refractivity (Wildman–Crippen MR) is 144 cm³/mol. The highest BCUT2D eigenvalue weighted by atomic mass is 79.9. The van der Waals surface area contributed by atoms with E-state index in [4.69, 9.17) is 9.47 Å². The maximum Gasteiger partial charge on any atom is 0.409 e. The Kier molecular flexibility index (Phi) is 11.0. The largest absolute Gasteiger partial charge is 0.491 e. The number of unbranched alkanes of at least 4 members (excludes halogenated alkanes) is 1. The first-order chi connectivity index (χ1) is 17.5. The van der Waals surface area contributed by atoms with Crippen LogP contribution in [0.4, 0.5) is 4.79 Å². The maximum atomic E-state index is 12.7. The summed E-state index contributed by atoms with van der Waals surface area (Å²) in [5.41, 5.74) is 0.555. The monoisotopic (exact) mass is 556 g/mol. The second-order valence-corrected chi connectivity index (χ2v) is 9.43. The number of aromatic nitrogens is 1. The van der Waals surface area contributed by atoms with Gasteiger partial charge in [-0.25, -0.2) is 9.36 Å².